The van der Waals surface area contributed by atoms with Gasteiger partial charge in [-0.3, -0.25) is 4.79 Å². The fourth-order valence-electron chi connectivity index (χ4n) is 3.28. The van der Waals surface area contributed by atoms with Crippen LogP contribution < -0.4 is 15.4 Å². The molecule has 2 N–H and O–H groups in total. The fraction of sp³-hybridized carbons (Fsp3) is 0.667. The molecule has 0 radical (unpaired) electrons. The maximum absolute atomic E-state index is 13.8. The molecule has 1 heterocycles. The van der Waals surface area contributed by atoms with Crippen LogP contribution in [0.2, 0.25) is 5.02 Å². The van der Waals surface area contributed by atoms with E-state index in [1.165, 1.54) is 19.2 Å². The summed E-state index contributed by atoms with van der Waals surface area (Å²) in [6.45, 7) is 12.8. The van der Waals surface area contributed by atoms with Crippen LogP contribution in [0.5, 0.6) is 5.75 Å². The lowest BCUT2D eigenvalue weighted by Gasteiger charge is -2.32. The van der Waals surface area contributed by atoms with Gasteiger partial charge < -0.3 is 34.2 Å². The van der Waals surface area contributed by atoms with Crippen LogP contribution in [0.15, 0.2) is 18.2 Å². The third-order valence-corrected chi connectivity index (χ3v) is 6.16. The number of rotatable bonds is 10. The van der Waals surface area contributed by atoms with Gasteiger partial charge in [-0.15, -0.1) is 0 Å². The Balaban J connectivity index is 2.14. The van der Waals surface area contributed by atoms with Gasteiger partial charge >= 0.3 is 13.2 Å². The molecular weight excluding hydrogens is 494 g/mol. The van der Waals surface area contributed by atoms with Crippen molar-refractivity contribution in [3.8, 4) is 5.75 Å². The molecule has 1 aliphatic heterocycles. The number of nitrogens with one attached hydrogen (secondary N) is 2. The Labute approximate surface area is 217 Å². The minimum Gasteiger partial charge on any atom is -0.493 e. The summed E-state index contributed by atoms with van der Waals surface area (Å²) in [5.41, 5.74) is -2.01. The first-order valence-electron chi connectivity index (χ1n) is 11.8. The van der Waals surface area contributed by atoms with E-state index in [0.717, 1.165) is 0 Å². The Morgan fingerprint density at radius 1 is 1.14 bits per heavy atom. The summed E-state index contributed by atoms with van der Waals surface area (Å²) in [6, 6.07) is 3.11. The molecule has 2 amide bonds. The van der Waals surface area contributed by atoms with Crippen LogP contribution in [0.4, 0.5) is 9.18 Å². The van der Waals surface area contributed by atoms with Crippen molar-refractivity contribution in [3.63, 3.8) is 0 Å². The molecule has 9 nitrogen and oxygen atoms in total. The van der Waals surface area contributed by atoms with Crippen LogP contribution in [0.1, 0.15) is 54.9 Å². The van der Waals surface area contributed by atoms with E-state index >= 15 is 0 Å². The first-order chi connectivity index (χ1) is 16.5. The smallest absolute Gasteiger partial charge is 0.481 e. The summed E-state index contributed by atoms with van der Waals surface area (Å²) in [5, 5.41) is 5.40. The third-order valence-electron chi connectivity index (χ3n) is 5.86. The van der Waals surface area contributed by atoms with Crippen molar-refractivity contribution >= 4 is 30.7 Å². The Morgan fingerprint density at radius 3 is 2.28 bits per heavy atom. The maximum atomic E-state index is 13.8. The van der Waals surface area contributed by atoms with Gasteiger partial charge in [-0.05, 0) is 60.6 Å². The van der Waals surface area contributed by atoms with Crippen molar-refractivity contribution in [2.75, 3.05) is 20.3 Å². The number of hydrogen-bond donors (Lipinski definition) is 2. The highest BCUT2D eigenvalue weighted by atomic mass is 35.5. The van der Waals surface area contributed by atoms with E-state index in [-0.39, 0.29) is 24.7 Å². The van der Waals surface area contributed by atoms with Gasteiger partial charge in [0.2, 0.25) is 5.91 Å². The Morgan fingerprint density at radius 2 is 1.75 bits per heavy atom. The summed E-state index contributed by atoms with van der Waals surface area (Å²) >= 11 is 5.73. The van der Waals surface area contributed by atoms with Crippen LogP contribution in [0.3, 0.4) is 0 Å². The lowest BCUT2D eigenvalue weighted by molar-refractivity contribution is -0.125. The van der Waals surface area contributed by atoms with E-state index in [1.807, 2.05) is 27.7 Å². The number of benzene rings is 1. The molecule has 1 aliphatic rings. The second-order valence-corrected chi connectivity index (χ2v) is 11.0. The molecule has 2 atom stereocenters. The van der Waals surface area contributed by atoms with E-state index in [2.05, 4.69) is 10.6 Å². The van der Waals surface area contributed by atoms with Crippen LogP contribution in [0, 0.1) is 5.82 Å². The predicted molar refractivity (Wildman–Crippen MR) is 135 cm³/mol. The van der Waals surface area contributed by atoms with Crippen molar-refractivity contribution in [1.82, 2.24) is 10.6 Å². The standard InChI is InChI=1S/C24H37BClFN2O7/c1-22(2,3)34-21(31)28-18(14-32-8)20(30)29-19(25-35-23(4,5)24(6,7)36-25)11-12-33-15-9-10-16(26)17(27)13-15/h9-10,13,18-19H,11-12,14H2,1-8H3,(H,28,31)(H,29,30)/t18-,19+/m1/s1. The molecule has 1 saturated heterocycles. The number of ether oxygens (including phenoxy) is 3. The predicted octanol–water partition coefficient (Wildman–Crippen LogP) is 3.90. The summed E-state index contributed by atoms with van der Waals surface area (Å²) in [6.07, 6.45) is -0.487. The van der Waals surface area contributed by atoms with Crippen LogP contribution in [-0.4, -0.2) is 68.2 Å². The highest BCUT2D eigenvalue weighted by Gasteiger charge is 2.54. The van der Waals surface area contributed by atoms with Gasteiger partial charge in [-0.1, -0.05) is 11.6 Å². The molecule has 12 heteroatoms. The second-order valence-electron chi connectivity index (χ2n) is 10.6. The summed E-state index contributed by atoms with van der Waals surface area (Å²) in [5.74, 6) is -1.48. The minimum atomic E-state index is -1.03. The monoisotopic (exact) mass is 530 g/mol. The molecule has 1 aromatic carbocycles. The van der Waals surface area contributed by atoms with E-state index in [0.29, 0.717) is 5.75 Å². The number of hydrogen-bond acceptors (Lipinski definition) is 7. The van der Waals surface area contributed by atoms with Crippen molar-refractivity contribution in [2.24, 2.45) is 0 Å². The lowest BCUT2D eigenvalue weighted by Crippen LogP contribution is -2.56. The van der Waals surface area contributed by atoms with Crippen molar-refractivity contribution < 1.29 is 37.5 Å². The van der Waals surface area contributed by atoms with E-state index in [4.69, 9.17) is 35.1 Å². The first kappa shape index (κ1) is 30.2. The minimum absolute atomic E-state index is 0.00798. The van der Waals surface area contributed by atoms with E-state index in [9.17, 15) is 14.0 Å². The molecule has 0 saturated carbocycles. The van der Waals surface area contributed by atoms with Gasteiger partial charge in [0.1, 0.15) is 23.2 Å². The van der Waals surface area contributed by atoms with Gasteiger partial charge in [-0.25, -0.2) is 9.18 Å². The second kappa shape index (κ2) is 12.0. The highest BCUT2D eigenvalue weighted by Crippen LogP contribution is 2.38. The van der Waals surface area contributed by atoms with Gasteiger partial charge in [0.05, 0.1) is 35.4 Å². The Hall–Kier alpha value is -2.08. The number of methoxy groups -OCH3 is 1. The maximum Gasteiger partial charge on any atom is 0.481 e. The largest absolute Gasteiger partial charge is 0.493 e. The zero-order valence-corrected chi connectivity index (χ0v) is 23.0. The molecule has 36 heavy (non-hydrogen) atoms. The van der Waals surface area contributed by atoms with Gasteiger partial charge in [0, 0.05) is 19.6 Å². The van der Waals surface area contributed by atoms with Crippen molar-refractivity contribution in [3.05, 3.63) is 29.0 Å². The molecule has 2 rings (SSSR count). The molecule has 0 bridgehead atoms. The van der Waals surface area contributed by atoms with E-state index < -0.39 is 53.7 Å². The van der Waals surface area contributed by atoms with Crippen LogP contribution >= 0.6 is 11.6 Å². The van der Waals surface area contributed by atoms with Gasteiger partial charge in [0.25, 0.3) is 0 Å². The third kappa shape index (κ3) is 8.50. The Kier molecular flexibility index (Phi) is 10.0. The average molecular weight is 531 g/mol. The molecule has 0 unspecified atom stereocenters. The Bertz CT molecular complexity index is 910. The number of carbonyl (C=O) groups is 2. The molecule has 0 aromatic heterocycles. The number of amides is 2. The SMILES string of the molecule is COC[C@@H](NC(=O)OC(C)(C)C)C(=O)N[C@@H](CCOc1ccc(Cl)c(F)c1)B1OC(C)(C)C(C)(C)O1. The normalized spacial score (nSPS) is 18.3. The van der Waals surface area contributed by atoms with Crippen LogP contribution in [-0.2, 0) is 23.6 Å². The highest BCUT2D eigenvalue weighted by molar-refractivity contribution is 6.48. The molecule has 0 spiro atoms. The van der Waals surface area contributed by atoms with Crippen molar-refractivity contribution in [2.45, 2.75) is 83.7 Å². The van der Waals surface area contributed by atoms with Gasteiger partial charge in [-0.2, -0.15) is 0 Å². The molecular formula is C24H37BClFN2O7. The number of alkyl carbamates (subject to hydrolysis) is 1. The summed E-state index contributed by atoms with van der Waals surface area (Å²) in [7, 11) is 0.621. The number of carbonyl (C=O) groups excluding carboxylic acids is 2. The number of halogens is 2. The molecule has 1 aromatic rings. The quantitative estimate of drug-likeness (QED) is 0.442. The fourth-order valence-corrected chi connectivity index (χ4v) is 3.40. The average Bonchev–Trinajstić information content (AvgIpc) is 2.95. The zero-order valence-electron chi connectivity index (χ0n) is 22.2. The lowest BCUT2D eigenvalue weighted by atomic mass is 9.76. The van der Waals surface area contributed by atoms with E-state index in [1.54, 1.807) is 26.8 Å². The van der Waals surface area contributed by atoms with Crippen LogP contribution in [0.25, 0.3) is 0 Å². The van der Waals surface area contributed by atoms with Crippen molar-refractivity contribution in [1.29, 1.82) is 0 Å². The van der Waals surface area contributed by atoms with Gasteiger partial charge in [0.15, 0.2) is 0 Å². The molecule has 202 valence electrons. The first-order valence-corrected chi connectivity index (χ1v) is 12.1. The molecule has 1 fully saturated rings. The topological polar surface area (TPSA) is 104 Å². The molecule has 0 aliphatic carbocycles. The zero-order chi connectivity index (χ0) is 27.3. The summed E-state index contributed by atoms with van der Waals surface area (Å²) < 4.78 is 42.1. The summed E-state index contributed by atoms with van der Waals surface area (Å²) in [4.78, 5) is 25.4.